The van der Waals surface area contributed by atoms with E-state index >= 15 is 0 Å². The summed E-state index contributed by atoms with van der Waals surface area (Å²) in [5.41, 5.74) is 0.514. The summed E-state index contributed by atoms with van der Waals surface area (Å²) in [6, 6.07) is 10.1. The average Bonchev–Trinajstić information content (AvgIpc) is 2.71. The molecule has 1 heterocycles. The zero-order valence-corrected chi connectivity index (χ0v) is 11.6. The fourth-order valence-electron chi connectivity index (χ4n) is 2.21. The lowest BCUT2D eigenvalue weighted by atomic mass is 10.1. The van der Waals surface area contributed by atoms with Crippen molar-refractivity contribution < 1.29 is 22.7 Å². The molecular weight excluding hydrogens is 295 g/mol. The summed E-state index contributed by atoms with van der Waals surface area (Å²) in [6.45, 7) is -0.148. The Bertz CT molecular complexity index is 841. The summed E-state index contributed by atoms with van der Waals surface area (Å²) in [6.07, 6.45) is 0. The summed E-state index contributed by atoms with van der Waals surface area (Å²) in [5, 5.41) is 10.9. The van der Waals surface area contributed by atoms with Crippen LogP contribution in [0.1, 0.15) is 5.56 Å². The van der Waals surface area contributed by atoms with Crippen molar-refractivity contribution >= 4 is 15.4 Å². The summed E-state index contributed by atoms with van der Waals surface area (Å²) < 4.78 is 42.7. The number of ether oxygens (including phenoxy) is 1. The van der Waals surface area contributed by atoms with Crippen LogP contribution in [0.3, 0.4) is 0 Å². The molecule has 0 spiro atoms. The molecule has 0 aliphatic carbocycles. The number of phenols is 1. The number of halogens is 1. The minimum absolute atomic E-state index is 0.0275. The van der Waals surface area contributed by atoms with Gasteiger partial charge < -0.3 is 9.84 Å². The lowest BCUT2D eigenvalue weighted by Gasteiger charge is -2.09. The summed E-state index contributed by atoms with van der Waals surface area (Å²) >= 11 is 0. The fourth-order valence-corrected chi connectivity index (χ4v) is 3.69. The largest absolute Gasteiger partial charge is 0.507 e. The molecule has 0 aromatic heterocycles. The number of fused-ring (bicyclic) bond motifs is 1. The van der Waals surface area contributed by atoms with Crippen molar-refractivity contribution in [3.05, 3.63) is 59.3 Å². The van der Waals surface area contributed by atoms with Gasteiger partial charge in [-0.1, -0.05) is 18.2 Å². The number of sulfone groups is 1. The molecule has 21 heavy (non-hydrogen) atoms. The molecular formula is C15H11FO4S. The SMILES string of the molecule is O=S1(=O)C=C(COc2ccccc2F)c2c(O)cccc21. The van der Waals surface area contributed by atoms with E-state index in [9.17, 15) is 17.9 Å². The van der Waals surface area contributed by atoms with Crippen LogP contribution in [0, 0.1) is 5.82 Å². The van der Waals surface area contributed by atoms with E-state index in [0.717, 1.165) is 5.41 Å². The summed E-state index contributed by atoms with van der Waals surface area (Å²) in [5.74, 6) is -0.645. The smallest absolute Gasteiger partial charge is 0.200 e. The third-order valence-corrected chi connectivity index (χ3v) is 4.70. The van der Waals surface area contributed by atoms with Gasteiger partial charge in [0, 0.05) is 16.5 Å². The van der Waals surface area contributed by atoms with Crippen molar-refractivity contribution in [2.45, 2.75) is 4.90 Å². The van der Waals surface area contributed by atoms with Crippen LogP contribution in [0.25, 0.3) is 5.57 Å². The first kappa shape index (κ1) is 13.6. The Morgan fingerprint density at radius 3 is 2.62 bits per heavy atom. The second kappa shape index (κ2) is 4.89. The predicted octanol–water partition coefficient (Wildman–Crippen LogP) is 2.74. The molecule has 0 atom stereocenters. The second-order valence-corrected chi connectivity index (χ2v) is 6.32. The Kier molecular flexibility index (Phi) is 3.17. The summed E-state index contributed by atoms with van der Waals surface area (Å²) in [7, 11) is -3.59. The van der Waals surface area contributed by atoms with Crippen LogP contribution in [-0.2, 0) is 9.84 Å². The molecule has 2 aromatic carbocycles. The molecule has 1 N–H and O–H groups in total. The molecule has 1 aliphatic rings. The maximum absolute atomic E-state index is 13.5. The highest BCUT2D eigenvalue weighted by molar-refractivity contribution is 7.95. The van der Waals surface area contributed by atoms with E-state index in [0.29, 0.717) is 5.57 Å². The molecule has 0 radical (unpaired) electrons. The number of benzene rings is 2. The van der Waals surface area contributed by atoms with Gasteiger partial charge in [-0.25, -0.2) is 12.8 Å². The molecule has 3 rings (SSSR count). The minimum atomic E-state index is -3.59. The molecule has 0 fully saturated rings. The number of aromatic hydroxyl groups is 1. The van der Waals surface area contributed by atoms with Crippen LogP contribution in [-0.4, -0.2) is 20.1 Å². The predicted molar refractivity (Wildman–Crippen MR) is 75.2 cm³/mol. The number of para-hydroxylation sites is 1. The van der Waals surface area contributed by atoms with Crippen LogP contribution >= 0.6 is 0 Å². The topological polar surface area (TPSA) is 63.6 Å². The van der Waals surface area contributed by atoms with E-state index in [-0.39, 0.29) is 28.6 Å². The van der Waals surface area contributed by atoms with E-state index in [4.69, 9.17) is 4.74 Å². The second-order valence-electron chi connectivity index (χ2n) is 4.56. The van der Waals surface area contributed by atoms with Crippen molar-refractivity contribution in [1.82, 2.24) is 0 Å². The van der Waals surface area contributed by atoms with Crippen molar-refractivity contribution in [2.24, 2.45) is 0 Å². The standard InChI is InChI=1S/C15H11FO4S/c16-11-4-1-2-6-13(11)20-8-10-9-21(18,19)14-7-3-5-12(17)15(10)14/h1-7,9,17H,8H2. The number of phenolic OH excluding ortho intramolecular Hbond substituents is 1. The zero-order valence-electron chi connectivity index (χ0n) is 10.8. The Morgan fingerprint density at radius 1 is 1.10 bits per heavy atom. The van der Waals surface area contributed by atoms with Crippen molar-refractivity contribution in [3.8, 4) is 11.5 Å². The van der Waals surface area contributed by atoms with Gasteiger partial charge in [-0.05, 0) is 24.3 Å². The van der Waals surface area contributed by atoms with Crippen LogP contribution in [0.2, 0.25) is 0 Å². The lowest BCUT2D eigenvalue weighted by Crippen LogP contribution is -2.01. The molecule has 0 saturated carbocycles. The van der Waals surface area contributed by atoms with Gasteiger partial charge in [0.15, 0.2) is 11.6 Å². The maximum Gasteiger partial charge on any atom is 0.200 e. The van der Waals surface area contributed by atoms with Crippen LogP contribution < -0.4 is 4.74 Å². The first-order valence-electron chi connectivity index (χ1n) is 6.14. The van der Waals surface area contributed by atoms with Gasteiger partial charge in [-0.3, -0.25) is 0 Å². The molecule has 108 valence electrons. The van der Waals surface area contributed by atoms with E-state index < -0.39 is 15.7 Å². The van der Waals surface area contributed by atoms with Crippen molar-refractivity contribution in [2.75, 3.05) is 6.61 Å². The molecule has 4 nitrogen and oxygen atoms in total. The maximum atomic E-state index is 13.5. The number of hydrogen-bond donors (Lipinski definition) is 1. The lowest BCUT2D eigenvalue weighted by molar-refractivity contribution is 0.347. The number of hydrogen-bond acceptors (Lipinski definition) is 4. The summed E-state index contributed by atoms with van der Waals surface area (Å²) in [4.78, 5) is 0.0367. The van der Waals surface area contributed by atoms with Gasteiger partial charge in [0.2, 0.25) is 9.84 Å². The minimum Gasteiger partial charge on any atom is -0.507 e. The molecule has 0 unspecified atom stereocenters. The van der Waals surface area contributed by atoms with E-state index in [2.05, 4.69) is 0 Å². The van der Waals surface area contributed by atoms with Crippen LogP contribution in [0.15, 0.2) is 52.8 Å². The Balaban J connectivity index is 1.94. The molecule has 6 heteroatoms. The van der Waals surface area contributed by atoms with Crippen molar-refractivity contribution in [3.63, 3.8) is 0 Å². The van der Waals surface area contributed by atoms with Gasteiger partial charge >= 0.3 is 0 Å². The normalized spacial score (nSPS) is 15.4. The molecule has 2 aromatic rings. The number of rotatable bonds is 3. The Morgan fingerprint density at radius 2 is 1.86 bits per heavy atom. The molecule has 0 amide bonds. The van der Waals surface area contributed by atoms with Gasteiger partial charge in [-0.2, -0.15) is 0 Å². The van der Waals surface area contributed by atoms with Crippen molar-refractivity contribution in [1.29, 1.82) is 0 Å². The molecule has 0 saturated heterocycles. The quantitative estimate of drug-likeness (QED) is 0.947. The van der Waals surface area contributed by atoms with Gasteiger partial charge in [0.1, 0.15) is 12.4 Å². The Hall–Kier alpha value is -2.34. The zero-order chi connectivity index (χ0) is 15.0. The van der Waals surface area contributed by atoms with Crippen LogP contribution in [0.4, 0.5) is 4.39 Å². The molecule has 0 bridgehead atoms. The first-order valence-corrected chi connectivity index (χ1v) is 7.69. The van der Waals surface area contributed by atoms with Gasteiger partial charge in [0.05, 0.1) is 4.90 Å². The highest BCUT2D eigenvalue weighted by Gasteiger charge is 2.29. The first-order chi connectivity index (χ1) is 9.99. The molecule has 1 aliphatic heterocycles. The highest BCUT2D eigenvalue weighted by Crippen LogP contribution is 2.39. The third kappa shape index (κ3) is 2.38. The van der Waals surface area contributed by atoms with E-state index in [1.807, 2.05) is 0 Å². The fraction of sp³-hybridized carbons (Fsp3) is 0.0667. The van der Waals surface area contributed by atoms with E-state index in [1.165, 1.54) is 36.4 Å². The van der Waals surface area contributed by atoms with E-state index in [1.54, 1.807) is 6.07 Å². The average molecular weight is 306 g/mol. The highest BCUT2D eigenvalue weighted by atomic mass is 32.2. The third-order valence-electron chi connectivity index (χ3n) is 3.15. The monoisotopic (exact) mass is 306 g/mol. The Labute approximate surface area is 121 Å². The van der Waals surface area contributed by atoms with Gasteiger partial charge in [0.25, 0.3) is 0 Å². The van der Waals surface area contributed by atoms with Gasteiger partial charge in [-0.15, -0.1) is 0 Å². The van der Waals surface area contributed by atoms with Crippen LogP contribution in [0.5, 0.6) is 11.5 Å².